The molecule has 7 heteroatoms. The molecule has 1 heterocycles. The summed E-state index contributed by atoms with van der Waals surface area (Å²) < 4.78 is 20.6. The Balaban J connectivity index is 2.41. The van der Waals surface area contributed by atoms with Crippen molar-refractivity contribution in [1.82, 2.24) is 14.7 Å². The molecule has 0 aliphatic carbocycles. The van der Waals surface area contributed by atoms with Gasteiger partial charge in [-0.05, 0) is 52.8 Å². The van der Waals surface area contributed by atoms with Gasteiger partial charge in [-0.15, -0.1) is 4.72 Å². The molecule has 2 aromatic rings. The van der Waals surface area contributed by atoms with E-state index in [2.05, 4.69) is 14.7 Å². The number of benzene rings is 1. The SMILES string of the molecule is CCOc1nc2ccc(Cl)cc2nc1[C@H](C)N[S@@+]([O-])C(C)(C)C. The minimum absolute atomic E-state index is 0.271. The first-order chi connectivity index (χ1) is 10.7. The maximum absolute atomic E-state index is 12.3. The number of hydrogen-bond donors (Lipinski definition) is 1. The third kappa shape index (κ3) is 4.47. The number of aromatic nitrogens is 2. The van der Waals surface area contributed by atoms with Gasteiger partial charge in [0.1, 0.15) is 10.4 Å². The van der Waals surface area contributed by atoms with Crippen molar-refractivity contribution >= 4 is 34.0 Å². The van der Waals surface area contributed by atoms with Crippen LogP contribution in [0.4, 0.5) is 0 Å². The number of nitrogens with one attached hydrogen (secondary N) is 1. The van der Waals surface area contributed by atoms with E-state index in [1.165, 1.54) is 0 Å². The van der Waals surface area contributed by atoms with Gasteiger partial charge in [0, 0.05) is 16.4 Å². The van der Waals surface area contributed by atoms with Gasteiger partial charge in [0.05, 0.1) is 23.7 Å². The van der Waals surface area contributed by atoms with Crippen molar-refractivity contribution in [2.45, 2.75) is 45.4 Å². The van der Waals surface area contributed by atoms with E-state index in [1.807, 2.05) is 40.7 Å². The molecule has 0 saturated carbocycles. The smallest absolute Gasteiger partial charge is 0.238 e. The lowest BCUT2D eigenvalue weighted by molar-refractivity contribution is 0.319. The second kappa shape index (κ2) is 7.21. The van der Waals surface area contributed by atoms with Crippen molar-refractivity contribution in [3.05, 3.63) is 28.9 Å². The van der Waals surface area contributed by atoms with Crippen molar-refractivity contribution in [3.8, 4) is 5.88 Å². The summed E-state index contributed by atoms with van der Waals surface area (Å²) in [7, 11) is 0. The molecule has 1 aromatic carbocycles. The zero-order chi connectivity index (χ0) is 17.2. The van der Waals surface area contributed by atoms with Gasteiger partial charge < -0.3 is 9.29 Å². The molecule has 0 aliphatic heterocycles. The normalized spacial score (nSPS) is 14.7. The Morgan fingerprint density at radius 2 is 2.00 bits per heavy atom. The summed E-state index contributed by atoms with van der Waals surface area (Å²) in [5.74, 6) is 0.452. The summed E-state index contributed by atoms with van der Waals surface area (Å²) in [5.41, 5.74) is 2.02. The zero-order valence-corrected chi connectivity index (χ0v) is 15.6. The van der Waals surface area contributed by atoms with E-state index in [0.717, 1.165) is 0 Å². The van der Waals surface area contributed by atoms with Crippen LogP contribution in [-0.4, -0.2) is 25.9 Å². The number of hydrogen-bond acceptors (Lipinski definition) is 5. The molecule has 2 atom stereocenters. The minimum atomic E-state index is -1.22. The molecular formula is C16H22ClN3O2S. The van der Waals surface area contributed by atoms with Crippen LogP contribution in [0.5, 0.6) is 5.88 Å². The van der Waals surface area contributed by atoms with E-state index in [-0.39, 0.29) is 10.8 Å². The van der Waals surface area contributed by atoms with Crippen molar-refractivity contribution in [2.24, 2.45) is 0 Å². The summed E-state index contributed by atoms with van der Waals surface area (Å²) in [6.07, 6.45) is 0. The van der Waals surface area contributed by atoms with Gasteiger partial charge in [0.15, 0.2) is 0 Å². The van der Waals surface area contributed by atoms with Crippen LogP contribution in [0.1, 0.15) is 46.4 Å². The maximum Gasteiger partial charge on any atom is 0.238 e. The Bertz CT molecular complexity index is 691. The van der Waals surface area contributed by atoms with E-state index in [4.69, 9.17) is 16.3 Å². The summed E-state index contributed by atoms with van der Waals surface area (Å²) in [6, 6.07) is 5.07. The summed E-state index contributed by atoms with van der Waals surface area (Å²) in [6.45, 7) is 10.0. The molecule has 5 nitrogen and oxygen atoms in total. The summed E-state index contributed by atoms with van der Waals surface area (Å²) in [5, 5.41) is 0.598. The monoisotopic (exact) mass is 355 g/mol. The minimum Gasteiger partial charge on any atom is -0.598 e. The second-order valence-corrected chi connectivity index (χ2v) is 8.64. The highest BCUT2D eigenvalue weighted by Gasteiger charge is 2.30. The molecule has 0 bridgehead atoms. The first-order valence-electron chi connectivity index (χ1n) is 7.50. The Labute approximate surface area is 145 Å². The fourth-order valence-corrected chi connectivity index (χ4v) is 2.90. The molecule has 0 fully saturated rings. The Morgan fingerprint density at radius 1 is 1.30 bits per heavy atom. The molecule has 0 radical (unpaired) electrons. The van der Waals surface area contributed by atoms with E-state index in [0.29, 0.717) is 34.2 Å². The topological polar surface area (TPSA) is 70.1 Å². The van der Waals surface area contributed by atoms with Gasteiger partial charge >= 0.3 is 0 Å². The Hall–Kier alpha value is -1.08. The van der Waals surface area contributed by atoms with E-state index < -0.39 is 11.4 Å². The molecule has 1 N–H and O–H groups in total. The van der Waals surface area contributed by atoms with Gasteiger partial charge in [-0.1, -0.05) is 11.6 Å². The lowest BCUT2D eigenvalue weighted by Gasteiger charge is -2.26. The van der Waals surface area contributed by atoms with Crippen LogP contribution in [0.25, 0.3) is 11.0 Å². The van der Waals surface area contributed by atoms with Crippen molar-refractivity contribution in [3.63, 3.8) is 0 Å². The second-order valence-electron chi connectivity index (χ2n) is 6.20. The van der Waals surface area contributed by atoms with Gasteiger partial charge in [-0.3, -0.25) is 0 Å². The quantitative estimate of drug-likeness (QED) is 0.826. The Kier molecular flexibility index (Phi) is 5.73. The highest BCUT2D eigenvalue weighted by Crippen LogP contribution is 2.27. The maximum atomic E-state index is 12.3. The molecule has 0 saturated heterocycles. The van der Waals surface area contributed by atoms with Gasteiger partial charge in [0.2, 0.25) is 5.88 Å². The van der Waals surface area contributed by atoms with Crippen LogP contribution in [-0.2, 0) is 11.4 Å². The molecular weight excluding hydrogens is 334 g/mol. The van der Waals surface area contributed by atoms with Gasteiger partial charge in [-0.2, -0.15) is 0 Å². The predicted molar refractivity (Wildman–Crippen MR) is 95.2 cm³/mol. The molecule has 1 aromatic heterocycles. The lowest BCUT2D eigenvalue weighted by atomic mass is 10.2. The molecule has 0 spiro atoms. The third-order valence-electron chi connectivity index (χ3n) is 3.15. The summed E-state index contributed by atoms with van der Waals surface area (Å²) in [4.78, 5) is 9.14. The molecule has 2 rings (SSSR count). The molecule has 0 unspecified atom stereocenters. The van der Waals surface area contributed by atoms with Crippen molar-refractivity contribution < 1.29 is 9.29 Å². The fraction of sp³-hybridized carbons (Fsp3) is 0.500. The first-order valence-corrected chi connectivity index (χ1v) is 9.03. The third-order valence-corrected chi connectivity index (χ3v) is 5.07. The van der Waals surface area contributed by atoms with Crippen LogP contribution < -0.4 is 9.46 Å². The van der Waals surface area contributed by atoms with Crippen molar-refractivity contribution in [2.75, 3.05) is 6.61 Å². The van der Waals surface area contributed by atoms with E-state index >= 15 is 0 Å². The van der Waals surface area contributed by atoms with Crippen LogP contribution in [0.15, 0.2) is 18.2 Å². The average molecular weight is 356 g/mol. The average Bonchev–Trinajstić information content (AvgIpc) is 2.46. The van der Waals surface area contributed by atoms with Crippen LogP contribution in [0.3, 0.4) is 0 Å². The number of nitrogens with zero attached hydrogens (tertiary/aromatic N) is 2. The zero-order valence-electron chi connectivity index (χ0n) is 14.0. The van der Waals surface area contributed by atoms with E-state index in [1.54, 1.807) is 12.1 Å². The predicted octanol–water partition coefficient (Wildman–Crippen LogP) is 3.79. The Morgan fingerprint density at radius 3 is 2.61 bits per heavy atom. The van der Waals surface area contributed by atoms with Crippen LogP contribution >= 0.6 is 11.6 Å². The number of halogens is 1. The highest BCUT2D eigenvalue weighted by molar-refractivity contribution is 7.90. The fourth-order valence-electron chi connectivity index (χ4n) is 1.94. The number of fused-ring (bicyclic) bond motifs is 1. The highest BCUT2D eigenvalue weighted by atomic mass is 35.5. The summed E-state index contributed by atoms with van der Waals surface area (Å²) >= 11 is 4.81. The largest absolute Gasteiger partial charge is 0.598 e. The standard InChI is InChI=1S/C16H22ClN3O2S/c1-6-22-15-14(10(2)20-23(21)16(3,4)5)18-13-9-11(17)7-8-12(13)19-15/h7-10,20H,6H2,1-5H3/t10-,23-/m0/s1. The molecule has 126 valence electrons. The van der Waals surface area contributed by atoms with Crippen molar-refractivity contribution in [1.29, 1.82) is 0 Å². The number of ether oxygens (including phenoxy) is 1. The van der Waals surface area contributed by atoms with Gasteiger partial charge in [0.25, 0.3) is 0 Å². The van der Waals surface area contributed by atoms with Gasteiger partial charge in [-0.25, -0.2) is 9.97 Å². The molecule has 23 heavy (non-hydrogen) atoms. The van der Waals surface area contributed by atoms with Crippen LogP contribution in [0.2, 0.25) is 5.02 Å². The molecule has 0 amide bonds. The first kappa shape index (κ1) is 18.3. The number of rotatable bonds is 5. The van der Waals surface area contributed by atoms with Crippen LogP contribution in [0, 0.1) is 0 Å². The lowest BCUT2D eigenvalue weighted by Crippen LogP contribution is -2.40. The molecule has 0 aliphatic rings. The van der Waals surface area contributed by atoms with E-state index in [9.17, 15) is 4.55 Å².